The molecule has 0 aliphatic carbocycles. The van der Waals surface area contributed by atoms with Crippen LogP contribution in [0.2, 0.25) is 0 Å². The molecule has 0 fully saturated rings. The number of amides is 9. The first-order valence-electron chi connectivity index (χ1n) is 19.6. The van der Waals surface area contributed by atoms with E-state index in [1.54, 1.807) is 55.4 Å². The summed E-state index contributed by atoms with van der Waals surface area (Å²) in [7, 11) is 0. The molecule has 22 heteroatoms. The van der Waals surface area contributed by atoms with Gasteiger partial charge in [0, 0.05) is 0 Å². The quantitative estimate of drug-likeness (QED) is 0.0378. The Kier molecular flexibility index (Phi) is 24.2. The number of carbonyl (C=O) groups excluding carboxylic acids is 9. The molecule has 0 aromatic rings. The van der Waals surface area contributed by atoms with E-state index in [-0.39, 0.29) is 31.2 Å². The number of hydrogen-bond donors (Lipinski definition) is 12. The van der Waals surface area contributed by atoms with Gasteiger partial charge in [-0.15, -0.1) is 0 Å². The summed E-state index contributed by atoms with van der Waals surface area (Å²) in [5, 5.41) is 38.6. The van der Waals surface area contributed by atoms with Crippen molar-refractivity contribution in [1.29, 1.82) is 0 Å². The molecule has 14 N–H and O–H groups in total. The molecule has 59 heavy (non-hydrogen) atoms. The van der Waals surface area contributed by atoms with Gasteiger partial charge in [-0.2, -0.15) is 0 Å². The molecule has 0 aliphatic heterocycles. The first kappa shape index (κ1) is 53.6. The second-order valence-corrected chi connectivity index (χ2v) is 15.6. The lowest BCUT2D eigenvalue weighted by Crippen LogP contribution is -2.62. The highest BCUT2D eigenvalue weighted by Gasteiger charge is 2.37. The van der Waals surface area contributed by atoms with E-state index in [0.29, 0.717) is 6.42 Å². The van der Waals surface area contributed by atoms with Crippen molar-refractivity contribution in [3.63, 3.8) is 0 Å². The first-order valence-corrected chi connectivity index (χ1v) is 19.6. The van der Waals surface area contributed by atoms with E-state index in [4.69, 9.17) is 16.6 Å². The topological polar surface area (TPSA) is 359 Å². The fourth-order valence-corrected chi connectivity index (χ4v) is 5.51. The van der Waals surface area contributed by atoms with Crippen molar-refractivity contribution in [1.82, 2.24) is 42.5 Å². The SMILES string of the molecule is CC[C@H](C)[C@H](NC(=O)[C@@H](NC(=O)[C@@H](NC(=O)CNC(=O)CN)[C@@H](C)O)C(C)C)C(=O)N[C@@H](CC(N)=O)C(=O)N[C@@H](CC(C)C)C(=O)N[C@@H](CC(C)C)C(=O)NCC(=O)O. The summed E-state index contributed by atoms with van der Waals surface area (Å²) in [5.74, 6) is -10.4. The van der Waals surface area contributed by atoms with Crippen LogP contribution in [0.1, 0.15) is 88.0 Å². The zero-order chi connectivity index (χ0) is 45.7. The van der Waals surface area contributed by atoms with Crippen LogP contribution in [0.5, 0.6) is 0 Å². The van der Waals surface area contributed by atoms with E-state index in [9.17, 15) is 53.1 Å². The van der Waals surface area contributed by atoms with Crippen LogP contribution < -0.4 is 54.0 Å². The summed E-state index contributed by atoms with van der Waals surface area (Å²) >= 11 is 0. The van der Waals surface area contributed by atoms with Gasteiger partial charge in [0.1, 0.15) is 42.8 Å². The largest absolute Gasteiger partial charge is 0.480 e. The molecule has 0 spiro atoms. The van der Waals surface area contributed by atoms with Gasteiger partial charge in [0.05, 0.1) is 25.6 Å². The number of nitrogens with two attached hydrogens (primary N) is 2. The third kappa shape index (κ3) is 20.7. The van der Waals surface area contributed by atoms with Gasteiger partial charge in [0.2, 0.25) is 53.2 Å². The van der Waals surface area contributed by atoms with Crippen molar-refractivity contribution in [2.45, 2.75) is 130 Å². The third-order valence-corrected chi connectivity index (χ3v) is 8.89. The van der Waals surface area contributed by atoms with Crippen LogP contribution in [0.4, 0.5) is 0 Å². The average Bonchev–Trinajstić information content (AvgIpc) is 3.13. The van der Waals surface area contributed by atoms with Gasteiger partial charge in [-0.25, -0.2) is 0 Å². The summed E-state index contributed by atoms with van der Waals surface area (Å²) < 4.78 is 0. The maximum atomic E-state index is 13.8. The number of primary amides is 1. The van der Waals surface area contributed by atoms with Crippen LogP contribution in [0.25, 0.3) is 0 Å². The van der Waals surface area contributed by atoms with E-state index >= 15 is 0 Å². The van der Waals surface area contributed by atoms with Crippen LogP contribution in [0, 0.1) is 23.7 Å². The molecule has 0 aromatic heterocycles. The molecule has 0 heterocycles. The lowest BCUT2D eigenvalue weighted by molar-refractivity contribution is -0.139. The summed E-state index contributed by atoms with van der Waals surface area (Å²) in [5.41, 5.74) is 10.6. The zero-order valence-corrected chi connectivity index (χ0v) is 35.4. The van der Waals surface area contributed by atoms with E-state index in [1.807, 2.05) is 0 Å². The standard InChI is InChI=1S/C37H66N10O12/c1-10-20(8)30(47-35(57)29(19(6)7)46-37(59)31(21(9)48)45-27(51)15-40-26(50)14-38)36(58)44-24(13-25(39)49)34(56)43-23(12-18(4)5)33(55)42-22(11-17(2)3)32(54)41-16-28(52)53/h17-24,29-31,48H,10-16,38H2,1-9H3,(H2,39,49)(H,40,50)(H,41,54)(H,42,55)(H,43,56)(H,44,58)(H,45,51)(H,46,59)(H,47,57)(H,52,53)/t20-,21+,22-,23-,24-,29-,30-,31-/m0/s1. The van der Waals surface area contributed by atoms with E-state index < -0.39 is 133 Å². The summed E-state index contributed by atoms with van der Waals surface area (Å²) in [4.78, 5) is 128. The minimum atomic E-state index is -1.64. The van der Waals surface area contributed by atoms with Crippen molar-refractivity contribution < 1.29 is 58.2 Å². The molecule has 0 bridgehead atoms. The minimum absolute atomic E-state index is 0.0538. The van der Waals surface area contributed by atoms with E-state index in [0.717, 1.165) is 0 Å². The fourth-order valence-electron chi connectivity index (χ4n) is 5.51. The molecular weight excluding hydrogens is 776 g/mol. The monoisotopic (exact) mass is 842 g/mol. The van der Waals surface area contributed by atoms with Crippen molar-refractivity contribution in [3.05, 3.63) is 0 Å². The fraction of sp³-hybridized carbons (Fsp3) is 0.730. The second kappa shape index (κ2) is 26.6. The predicted molar refractivity (Wildman–Crippen MR) is 213 cm³/mol. The lowest BCUT2D eigenvalue weighted by Gasteiger charge is -2.31. The Morgan fingerprint density at radius 1 is 0.542 bits per heavy atom. The lowest BCUT2D eigenvalue weighted by atomic mass is 9.95. The highest BCUT2D eigenvalue weighted by atomic mass is 16.4. The van der Waals surface area contributed by atoms with Gasteiger partial charge in [-0.1, -0.05) is 61.8 Å². The highest BCUT2D eigenvalue weighted by molar-refractivity contribution is 5.99. The smallest absolute Gasteiger partial charge is 0.322 e. The Labute approximate surface area is 344 Å². The number of rotatable bonds is 27. The number of carboxylic acids is 1. The maximum Gasteiger partial charge on any atom is 0.322 e. The number of carbonyl (C=O) groups is 10. The van der Waals surface area contributed by atoms with Crippen LogP contribution in [-0.2, 0) is 47.9 Å². The van der Waals surface area contributed by atoms with E-state index in [2.05, 4.69) is 42.5 Å². The van der Waals surface area contributed by atoms with Crippen LogP contribution in [-0.4, -0.2) is 131 Å². The minimum Gasteiger partial charge on any atom is -0.480 e. The van der Waals surface area contributed by atoms with Gasteiger partial charge in [0.15, 0.2) is 0 Å². The number of nitrogens with one attached hydrogen (secondary N) is 8. The number of aliphatic carboxylic acids is 1. The van der Waals surface area contributed by atoms with Gasteiger partial charge in [0.25, 0.3) is 0 Å². The van der Waals surface area contributed by atoms with Crippen molar-refractivity contribution in [3.8, 4) is 0 Å². The first-order chi connectivity index (χ1) is 27.3. The van der Waals surface area contributed by atoms with Gasteiger partial charge in [-0.3, -0.25) is 47.9 Å². The number of aliphatic hydroxyl groups is 1. The number of aliphatic hydroxyl groups excluding tert-OH is 1. The number of hydrogen-bond acceptors (Lipinski definition) is 12. The predicted octanol–water partition coefficient (Wildman–Crippen LogP) is -3.78. The maximum absolute atomic E-state index is 13.8. The molecule has 0 rings (SSSR count). The van der Waals surface area contributed by atoms with Crippen LogP contribution in [0.3, 0.4) is 0 Å². The Hall–Kier alpha value is -5.38. The van der Waals surface area contributed by atoms with E-state index in [1.165, 1.54) is 6.92 Å². The Morgan fingerprint density at radius 2 is 1.00 bits per heavy atom. The highest BCUT2D eigenvalue weighted by Crippen LogP contribution is 2.13. The molecular formula is C37H66N10O12. The summed E-state index contributed by atoms with van der Waals surface area (Å²) in [6.07, 6.45) is -1.64. The van der Waals surface area contributed by atoms with Crippen molar-refractivity contribution in [2.75, 3.05) is 19.6 Å². The number of carboxylic acid groups (broad SMARTS) is 1. The third-order valence-electron chi connectivity index (χ3n) is 8.89. The molecule has 336 valence electrons. The summed E-state index contributed by atoms with van der Waals surface area (Å²) in [6, 6.07) is -8.28. The second-order valence-electron chi connectivity index (χ2n) is 15.6. The van der Waals surface area contributed by atoms with Gasteiger partial charge < -0.3 is 64.2 Å². The van der Waals surface area contributed by atoms with Crippen molar-refractivity contribution in [2.24, 2.45) is 35.1 Å². The Morgan fingerprint density at radius 3 is 1.44 bits per heavy atom. The molecule has 0 radical (unpaired) electrons. The zero-order valence-electron chi connectivity index (χ0n) is 35.4. The molecule has 22 nitrogen and oxygen atoms in total. The Bertz CT molecular complexity index is 1490. The molecule has 0 saturated heterocycles. The molecule has 0 saturated carbocycles. The van der Waals surface area contributed by atoms with Crippen molar-refractivity contribution >= 4 is 59.1 Å². The van der Waals surface area contributed by atoms with Crippen LogP contribution >= 0.6 is 0 Å². The molecule has 0 aliphatic rings. The summed E-state index contributed by atoms with van der Waals surface area (Å²) in [6.45, 7) is 13.2. The molecule has 8 atom stereocenters. The van der Waals surface area contributed by atoms with Gasteiger partial charge in [-0.05, 0) is 43.4 Å². The molecule has 0 aromatic carbocycles. The molecule has 0 unspecified atom stereocenters. The molecule has 9 amide bonds. The Balaban J connectivity index is 6.31. The normalized spacial score (nSPS) is 15.2. The average molecular weight is 843 g/mol. The van der Waals surface area contributed by atoms with Crippen LogP contribution in [0.15, 0.2) is 0 Å². The van der Waals surface area contributed by atoms with Gasteiger partial charge >= 0.3 is 5.97 Å².